The summed E-state index contributed by atoms with van der Waals surface area (Å²) in [7, 11) is 0. The summed E-state index contributed by atoms with van der Waals surface area (Å²) in [4.78, 5) is 3.90. The highest BCUT2D eigenvalue weighted by Crippen LogP contribution is 2.17. The largest absolute Gasteiger partial charge is 0.396 e. The maximum atomic E-state index is 9.07. The molecular formula is C11H13N3O. The average Bonchev–Trinajstić information content (AvgIpc) is 2.82. The maximum absolute atomic E-state index is 9.07. The van der Waals surface area contributed by atoms with Gasteiger partial charge in [-0.1, -0.05) is 19.1 Å². The predicted molar refractivity (Wildman–Crippen MR) is 56.9 cm³/mol. The van der Waals surface area contributed by atoms with Crippen molar-refractivity contribution in [2.24, 2.45) is 0 Å². The molecule has 15 heavy (non-hydrogen) atoms. The van der Waals surface area contributed by atoms with E-state index in [0.29, 0.717) is 0 Å². The van der Waals surface area contributed by atoms with Crippen molar-refractivity contribution in [2.45, 2.75) is 12.8 Å². The molecule has 2 aromatic rings. The fraction of sp³-hybridized carbons (Fsp3) is 0.273. The van der Waals surface area contributed by atoms with E-state index >= 15 is 0 Å². The molecule has 0 aliphatic rings. The zero-order valence-electron chi connectivity index (χ0n) is 8.54. The number of aliphatic hydroxyl groups is 1. The molecule has 0 aliphatic heterocycles. The quantitative estimate of drug-likeness (QED) is 0.819. The van der Waals surface area contributed by atoms with Crippen LogP contribution in [0.2, 0.25) is 0 Å². The average molecular weight is 203 g/mol. The minimum Gasteiger partial charge on any atom is -0.396 e. The van der Waals surface area contributed by atoms with Gasteiger partial charge in [0.05, 0.1) is 5.69 Å². The molecule has 1 aromatic carbocycles. The third kappa shape index (κ3) is 2.05. The van der Waals surface area contributed by atoms with Crippen LogP contribution in [0.15, 0.2) is 36.9 Å². The van der Waals surface area contributed by atoms with Gasteiger partial charge in [-0.05, 0) is 17.7 Å². The number of benzene rings is 1. The van der Waals surface area contributed by atoms with Crippen molar-refractivity contribution in [3.05, 3.63) is 42.5 Å². The summed E-state index contributed by atoms with van der Waals surface area (Å²) in [5.74, 6) is 0.147. The first-order valence-corrected chi connectivity index (χ1v) is 4.87. The van der Waals surface area contributed by atoms with E-state index in [-0.39, 0.29) is 12.5 Å². The molecule has 1 atom stereocenters. The molecule has 4 heteroatoms. The van der Waals surface area contributed by atoms with Crippen LogP contribution in [0.4, 0.5) is 0 Å². The molecule has 1 heterocycles. The Morgan fingerprint density at radius 2 is 2.33 bits per heavy atom. The van der Waals surface area contributed by atoms with Crippen molar-refractivity contribution >= 4 is 0 Å². The van der Waals surface area contributed by atoms with Crippen LogP contribution in [0.25, 0.3) is 5.69 Å². The van der Waals surface area contributed by atoms with Crippen LogP contribution in [0.5, 0.6) is 0 Å². The van der Waals surface area contributed by atoms with Crippen molar-refractivity contribution in [2.75, 3.05) is 6.61 Å². The van der Waals surface area contributed by atoms with Crippen molar-refractivity contribution in [3.63, 3.8) is 0 Å². The molecule has 1 unspecified atom stereocenters. The summed E-state index contributed by atoms with van der Waals surface area (Å²) < 4.78 is 1.70. The zero-order chi connectivity index (χ0) is 10.7. The lowest BCUT2D eigenvalue weighted by atomic mass is 10.0. The summed E-state index contributed by atoms with van der Waals surface area (Å²) in [5, 5.41) is 13.1. The Bertz CT molecular complexity index is 425. The van der Waals surface area contributed by atoms with E-state index in [1.54, 1.807) is 11.0 Å². The third-order valence-corrected chi connectivity index (χ3v) is 2.40. The van der Waals surface area contributed by atoms with Crippen molar-refractivity contribution in [1.29, 1.82) is 0 Å². The van der Waals surface area contributed by atoms with Crippen LogP contribution in [-0.4, -0.2) is 26.5 Å². The molecule has 0 saturated heterocycles. The van der Waals surface area contributed by atoms with Gasteiger partial charge >= 0.3 is 0 Å². The number of hydrogen-bond donors (Lipinski definition) is 1. The summed E-state index contributed by atoms with van der Waals surface area (Å²) in [6, 6.07) is 7.93. The molecule has 0 fully saturated rings. The second-order valence-electron chi connectivity index (χ2n) is 3.52. The Morgan fingerprint density at radius 3 is 3.00 bits per heavy atom. The molecule has 0 saturated carbocycles. The van der Waals surface area contributed by atoms with Crippen LogP contribution in [0.3, 0.4) is 0 Å². The minimum absolute atomic E-state index is 0.147. The maximum Gasteiger partial charge on any atom is 0.138 e. The number of aromatic nitrogens is 3. The monoisotopic (exact) mass is 203 g/mol. The lowest BCUT2D eigenvalue weighted by molar-refractivity contribution is 0.273. The second kappa shape index (κ2) is 4.23. The van der Waals surface area contributed by atoms with E-state index < -0.39 is 0 Å². The molecule has 0 spiro atoms. The Kier molecular flexibility index (Phi) is 2.78. The van der Waals surface area contributed by atoms with Gasteiger partial charge in [-0.3, -0.25) is 0 Å². The fourth-order valence-electron chi connectivity index (χ4n) is 1.42. The van der Waals surface area contributed by atoms with E-state index in [2.05, 4.69) is 10.1 Å². The summed E-state index contributed by atoms with van der Waals surface area (Å²) in [5.41, 5.74) is 2.07. The number of aliphatic hydroxyl groups excluding tert-OH is 1. The molecule has 0 radical (unpaired) electrons. The zero-order valence-corrected chi connectivity index (χ0v) is 8.54. The molecule has 1 aromatic heterocycles. The van der Waals surface area contributed by atoms with Gasteiger partial charge in [0.2, 0.25) is 0 Å². The molecular weight excluding hydrogens is 190 g/mol. The lowest BCUT2D eigenvalue weighted by Gasteiger charge is -2.09. The molecule has 4 nitrogen and oxygen atoms in total. The molecule has 0 bridgehead atoms. The summed E-state index contributed by atoms with van der Waals surface area (Å²) in [6.45, 7) is 2.14. The van der Waals surface area contributed by atoms with Crippen molar-refractivity contribution < 1.29 is 5.11 Å². The van der Waals surface area contributed by atoms with Crippen molar-refractivity contribution in [1.82, 2.24) is 14.8 Å². The Hall–Kier alpha value is -1.68. The van der Waals surface area contributed by atoms with E-state index in [1.807, 2.05) is 31.2 Å². The van der Waals surface area contributed by atoms with Gasteiger partial charge in [-0.25, -0.2) is 9.67 Å². The van der Waals surface area contributed by atoms with Gasteiger partial charge in [0.25, 0.3) is 0 Å². The van der Waals surface area contributed by atoms with E-state index in [0.717, 1.165) is 11.3 Å². The lowest BCUT2D eigenvalue weighted by Crippen LogP contribution is -2.01. The van der Waals surface area contributed by atoms with E-state index in [1.165, 1.54) is 6.33 Å². The highest BCUT2D eigenvalue weighted by Gasteiger charge is 2.05. The van der Waals surface area contributed by atoms with Crippen LogP contribution in [-0.2, 0) is 0 Å². The Labute approximate surface area is 88.2 Å². The van der Waals surface area contributed by atoms with Crippen LogP contribution < -0.4 is 0 Å². The topological polar surface area (TPSA) is 50.9 Å². The first-order chi connectivity index (χ1) is 7.31. The SMILES string of the molecule is CC(CO)c1cccc(-n2cncn2)c1. The molecule has 78 valence electrons. The Morgan fingerprint density at radius 1 is 1.47 bits per heavy atom. The van der Waals surface area contributed by atoms with Gasteiger partial charge in [0.1, 0.15) is 12.7 Å². The van der Waals surface area contributed by atoms with E-state index in [4.69, 9.17) is 5.11 Å². The van der Waals surface area contributed by atoms with Gasteiger partial charge in [0.15, 0.2) is 0 Å². The molecule has 2 rings (SSSR count). The highest BCUT2D eigenvalue weighted by molar-refractivity contribution is 5.36. The summed E-state index contributed by atoms with van der Waals surface area (Å²) >= 11 is 0. The van der Waals surface area contributed by atoms with Gasteiger partial charge < -0.3 is 5.11 Å². The first-order valence-electron chi connectivity index (χ1n) is 4.87. The number of nitrogens with zero attached hydrogens (tertiary/aromatic N) is 3. The molecule has 0 amide bonds. The molecule has 1 N–H and O–H groups in total. The fourth-order valence-corrected chi connectivity index (χ4v) is 1.42. The third-order valence-electron chi connectivity index (χ3n) is 2.40. The second-order valence-corrected chi connectivity index (χ2v) is 3.52. The van der Waals surface area contributed by atoms with Crippen LogP contribution in [0, 0.1) is 0 Å². The summed E-state index contributed by atoms with van der Waals surface area (Å²) in [6.07, 6.45) is 3.16. The van der Waals surface area contributed by atoms with Gasteiger partial charge in [-0.2, -0.15) is 5.10 Å². The Balaban J connectivity index is 2.35. The van der Waals surface area contributed by atoms with Crippen LogP contribution in [0.1, 0.15) is 18.4 Å². The predicted octanol–water partition coefficient (Wildman–Crippen LogP) is 1.36. The van der Waals surface area contributed by atoms with Gasteiger partial charge in [0, 0.05) is 12.5 Å². The first kappa shape index (κ1) is 9.86. The highest BCUT2D eigenvalue weighted by atomic mass is 16.3. The number of rotatable bonds is 3. The minimum atomic E-state index is 0.147. The molecule has 0 aliphatic carbocycles. The van der Waals surface area contributed by atoms with E-state index in [9.17, 15) is 0 Å². The van der Waals surface area contributed by atoms with Crippen molar-refractivity contribution in [3.8, 4) is 5.69 Å². The standard InChI is InChI=1S/C11H13N3O/c1-9(6-15)10-3-2-4-11(5-10)14-8-12-7-13-14/h2-5,7-9,15H,6H2,1H3. The van der Waals surface area contributed by atoms with Gasteiger partial charge in [-0.15, -0.1) is 0 Å². The normalized spacial score (nSPS) is 12.7. The smallest absolute Gasteiger partial charge is 0.138 e. The number of hydrogen-bond acceptors (Lipinski definition) is 3. The van der Waals surface area contributed by atoms with Crippen LogP contribution >= 0.6 is 0 Å².